The highest BCUT2D eigenvalue weighted by Gasteiger charge is 2.18. The van der Waals surface area contributed by atoms with Crippen molar-refractivity contribution in [3.63, 3.8) is 0 Å². The van der Waals surface area contributed by atoms with Crippen molar-refractivity contribution >= 4 is 11.8 Å². The molecule has 0 aromatic rings. The van der Waals surface area contributed by atoms with Crippen LogP contribution in [-0.2, 0) is 4.74 Å². The van der Waals surface area contributed by atoms with E-state index in [0.29, 0.717) is 0 Å². The van der Waals surface area contributed by atoms with Gasteiger partial charge in [-0.1, -0.05) is 25.3 Å². The van der Waals surface area contributed by atoms with Crippen LogP contribution < -0.4 is 5.43 Å². The summed E-state index contributed by atoms with van der Waals surface area (Å²) in [6.45, 7) is 4.35. The van der Waals surface area contributed by atoms with Crippen molar-refractivity contribution in [3.8, 4) is 0 Å². The molecule has 0 fully saturated rings. The van der Waals surface area contributed by atoms with Crippen LogP contribution in [0.25, 0.3) is 0 Å². The molecule has 0 aromatic heterocycles. The van der Waals surface area contributed by atoms with Crippen molar-refractivity contribution in [1.82, 2.24) is 5.43 Å². The number of unbranched alkanes of at least 4 members (excludes halogenated alkanes) is 2. The number of hydrazone groups is 1. The van der Waals surface area contributed by atoms with Crippen LogP contribution in [0.1, 0.15) is 52.4 Å². The molecule has 0 atom stereocenters. The second-order valence-electron chi connectivity index (χ2n) is 4.38. The third-order valence-corrected chi connectivity index (χ3v) is 3.10. The Morgan fingerprint density at radius 2 is 2.18 bits per heavy atom. The van der Waals surface area contributed by atoms with Gasteiger partial charge in [-0.2, -0.15) is 5.10 Å². The van der Waals surface area contributed by atoms with Gasteiger partial charge in [-0.15, -0.1) is 0 Å². The fourth-order valence-electron chi connectivity index (χ4n) is 2.05. The van der Waals surface area contributed by atoms with Crippen LogP contribution >= 0.6 is 0 Å². The molecule has 0 aliphatic heterocycles. The second-order valence-corrected chi connectivity index (χ2v) is 4.38. The van der Waals surface area contributed by atoms with Gasteiger partial charge in [-0.25, -0.2) is 10.2 Å². The molecule has 1 rings (SSSR count). The number of carbonyl (C=O) groups is 1. The highest BCUT2D eigenvalue weighted by atomic mass is 16.5. The molecule has 4 heteroatoms. The van der Waals surface area contributed by atoms with Gasteiger partial charge >= 0.3 is 6.09 Å². The monoisotopic (exact) mass is 238 g/mol. The first-order valence-corrected chi connectivity index (χ1v) is 6.28. The maximum Gasteiger partial charge on any atom is 0.427 e. The summed E-state index contributed by atoms with van der Waals surface area (Å²) in [5.41, 5.74) is 6.16. The highest BCUT2D eigenvalue weighted by molar-refractivity contribution is 6.03. The normalized spacial score (nSPS) is 17.7. The second kappa shape index (κ2) is 7.09. The number of methoxy groups -OCH3 is 1. The molecule has 0 heterocycles. The van der Waals surface area contributed by atoms with E-state index < -0.39 is 6.09 Å². The SMILES string of the molecule is CCCCCC1=C(C)CC/C1=N/NC(=O)OC. The van der Waals surface area contributed by atoms with E-state index in [1.54, 1.807) is 0 Å². The average Bonchev–Trinajstić information content (AvgIpc) is 2.68. The summed E-state index contributed by atoms with van der Waals surface area (Å²) in [6.07, 6.45) is 6.21. The molecule has 0 radical (unpaired) electrons. The summed E-state index contributed by atoms with van der Waals surface area (Å²) < 4.78 is 4.50. The van der Waals surface area contributed by atoms with E-state index in [-0.39, 0.29) is 0 Å². The highest BCUT2D eigenvalue weighted by Crippen LogP contribution is 2.27. The summed E-state index contributed by atoms with van der Waals surface area (Å²) in [4.78, 5) is 11.0. The molecule has 0 saturated carbocycles. The molecular formula is C13H22N2O2. The molecule has 4 nitrogen and oxygen atoms in total. The Balaban J connectivity index is 2.57. The predicted molar refractivity (Wildman–Crippen MR) is 69.1 cm³/mol. The summed E-state index contributed by atoms with van der Waals surface area (Å²) >= 11 is 0. The van der Waals surface area contributed by atoms with Gasteiger partial charge in [0.15, 0.2) is 0 Å². The fourth-order valence-corrected chi connectivity index (χ4v) is 2.05. The first kappa shape index (κ1) is 13.7. The van der Waals surface area contributed by atoms with Crippen molar-refractivity contribution in [3.05, 3.63) is 11.1 Å². The minimum Gasteiger partial charge on any atom is -0.452 e. The van der Waals surface area contributed by atoms with E-state index in [2.05, 4.69) is 29.1 Å². The van der Waals surface area contributed by atoms with Gasteiger partial charge in [-0.3, -0.25) is 0 Å². The number of allylic oxidation sites excluding steroid dienone is 2. The molecule has 0 unspecified atom stereocenters. The Labute approximate surface area is 103 Å². The van der Waals surface area contributed by atoms with Crippen molar-refractivity contribution in [1.29, 1.82) is 0 Å². The first-order valence-electron chi connectivity index (χ1n) is 6.28. The average molecular weight is 238 g/mol. The van der Waals surface area contributed by atoms with Crippen LogP contribution in [0, 0.1) is 0 Å². The lowest BCUT2D eigenvalue weighted by molar-refractivity contribution is 0.171. The van der Waals surface area contributed by atoms with Gasteiger partial charge in [-0.05, 0) is 38.2 Å². The zero-order valence-corrected chi connectivity index (χ0v) is 11.0. The minimum atomic E-state index is -0.505. The number of nitrogens with zero attached hydrogens (tertiary/aromatic N) is 1. The Bertz CT molecular complexity index is 332. The molecule has 0 aromatic carbocycles. The Morgan fingerprint density at radius 1 is 1.41 bits per heavy atom. The Kier molecular flexibility index (Phi) is 5.73. The standard InChI is InChI=1S/C13H22N2O2/c1-4-5-6-7-11-10(2)8-9-12(11)14-15-13(16)17-3/h4-9H2,1-3H3,(H,15,16)/b14-12-. The largest absolute Gasteiger partial charge is 0.452 e. The maximum atomic E-state index is 11.0. The van der Waals surface area contributed by atoms with Crippen LogP contribution in [-0.4, -0.2) is 18.9 Å². The fraction of sp³-hybridized carbons (Fsp3) is 0.692. The van der Waals surface area contributed by atoms with Gasteiger partial charge in [0, 0.05) is 0 Å². The van der Waals surface area contributed by atoms with Crippen LogP contribution in [0.15, 0.2) is 16.2 Å². The molecule has 1 aliphatic rings. The Hall–Kier alpha value is -1.32. The van der Waals surface area contributed by atoms with E-state index in [1.165, 1.54) is 37.5 Å². The summed E-state index contributed by atoms with van der Waals surface area (Å²) in [6, 6.07) is 0. The zero-order valence-electron chi connectivity index (χ0n) is 11.0. The number of rotatable bonds is 5. The zero-order chi connectivity index (χ0) is 12.7. The minimum absolute atomic E-state index is 0.505. The number of carbonyl (C=O) groups excluding carboxylic acids is 1. The van der Waals surface area contributed by atoms with E-state index >= 15 is 0 Å². The number of hydrogen-bond donors (Lipinski definition) is 1. The number of hydrogen-bond acceptors (Lipinski definition) is 3. The Morgan fingerprint density at radius 3 is 2.82 bits per heavy atom. The smallest absolute Gasteiger partial charge is 0.427 e. The van der Waals surface area contributed by atoms with Crippen LogP contribution in [0.2, 0.25) is 0 Å². The number of ether oxygens (including phenoxy) is 1. The van der Waals surface area contributed by atoms with E-state index in [4.69, 9.17) is 0 Å². The summed E-state index contributed by atoms with van der Waals surface area (Å²) in [5, 5.41) is 4.14. The van der Waals surface area contributed by atoms with E-state index in [9.17, 15) is 4.79 Å². The van der Waals surface area contributed by atoms with Crippen molar-refractivity contribution in [2.24, 2.45) is 5.10 Å². The van der Waals surface area contributed by atoms with Crippen LogP contribution in [0.3, 0.4) is 0 Å². The molecule has 1 aliphatic carbocycles. The topological polar surface area (TPSA) is 50.7 Å². The molecule has 0 bridgehead atoms. The molecule has 1 N–H and O–H groups in total. The third-order valence-electron chi connectivity index (χ3n) is 3.10. The molecule has 17 heavy (non-hydrogen) atoms. The lowest BCUT2D eigenvalue weighted by Crippen LogP contribution is -2.19. The van der Waals surface area contributed by atoms with Gasteiger partial charge in [0.05, 0.1) is 12.8 Å². The predicted octanol–water partition coefficient (Wildman–Crippen LogP) is 3.39. The van der Waals surface area contributed by atoms with Crippen molar-refractivity contribution < 1.29 is 9.53 Å². The lowest BCUT2D eigenvalue weighted by atomic mass is 10.0. The maximum absolute atomic E-state index is 11.0. The van der Waals surface area contributed by atoms with Gasteiger partial charge in [0.1, 0.15) is 0 Å². The molecule has 0 spiro atoms. The number of nitrogens with one attached hydrogen (secondary N) is 1. The van der Waals surface area contributed by atoms with Crippen LogP contribution in [0.5, 0.6) is 0 Å². The molecule has 96 valence electrons. The third kappa shape index (κ3) is 4.21. The van der Waals surface area contributed by atoms with Crippen LogP contribution in [0.4, 0.5) is 4.79 Å². The van der Waals surface area contributed by atoms with Crippen molar-refractivity contribution in [2.45, 2.75) is 52.4 Å². The van der Waals surface area contributed by atoms with Gasteiger partial charge in [0.25, 0.3) is 0 Å². The van der Waals surface area contributed by atoms with Gasteiger partial charge in [0.2, 0.25) is 0 Å². The number of amides is 1. The van der Waals surface area contributed by atoms with E-state index in [1.807, 2.05) is 0 Å². The van der Waals surface area contributed by atoms with Gasteiger partial charge < -0.3 is 4.74 Å². The molecule has 0 saturated heterocycles. The molecule has 1 amide bonds. The van der Waals surface area contributed by atoms with Crippen molar-refractivity contribution in [2.75, 3.05) is 7.11 Å². The lowest BCUT2D eigenvalue weighted by Gasteiger charge is -2.06. The summed E-state index contributed by atoms with van der Waals surface area (Å²) in [7, 11) is 1.34. The summed E-state index contributed by atoms with van der Waals surface area (Å²) in [5.74, 6) is 0. The first-order chi connectivity index (χ1) is 8.19. The quantitative estimate of drug-likeness (QED) is 0.589. The molecular weight excluding hydrogens is 216 g/mol. The van der Waals surface area contributed by atoms with E-state index in [0.717, 1.165) is 25.0 Å².